The average Bonchev–Trinajstić information content (AvgIpc) is 2.16. The second-order valence-electron chi connectivity index (χ2n) is 3.71. The Kier molecular flexibility index (Phi) is 10.8. The minimum Gasteiger partial charge on any atom is -0.271 e. The number of nitriles is 2. The van der Waals surface area contributed by atoms with E-state index in [1.165, 1.54) is 0 Å². The zero-order valence-electron chi connectivity index (χ0n) is 10.0. The van der Waals surface area contributed by atoms with Crippen LogP contribution in [-0.2, 0) is 0 Å². The maximum absolute atomic E-state index is 12.1. The normalized spacial score (nSPS) is 10.9. The summed E-state index contributed by atoms with van der Waals surface area (Å²) in [5.74, 6) is 0. The van der Waals surface area contributed by atoms with Crippen molar-refractivity contribution in [3.63, 3.8) is 0 Å². The number of hydrogen-bond donors (Lipinski definition) is 0. The van der Waals surface area contributed by atoms with Gasteiger partial charge in [-0.15, -0.1) is 0 Å². The molecular formula is C9H15F5N2Si2. The van der Waals surface area contributed by atoms with Crippen molar-refractivity contribution in [2.75, 3.05) is 0 Å². The summed E-state index contributed by atoms with van der Waals surface area (Å²) in [5.41, 5.74) is 0. The van der Waals surface area contributed by atoms with Crippen LogP contribution in [0.4, 0.5) is 20.5 Å². The van der Waals surface area contributed by atoms with Crippen LogP contribution in [0.1, 0.15) is 25.7 Å². The fraction of sp³-hybridized carbons (Fsp3) is 0.778. The lowest BCUT2D eigenvalue weighted by atomic mass is 10.4. The van der Waals surface area contributed by atoms with Crippen LogP contribution < -0.4 is 0 Å². The zero-order chi connectivity index (χ0) is 14.7. The summed E-state index contributed by atoms with van der Waals surface area (Å²) in [6, 6.07) is 2.74. The second-order valence-corrected chi connectivity index (χ2v) is 8.08. The third-order valence-corrected chi connectivity index (χ3v) is 3.81. The van der Waals surface area contributed by atoms with E-state index in [9.17, 15) is 20.5 Å². The molecule has 18 heavy (non-hydrogen) atoms. The van der Waals surface area contributed by atoms with Gasteiger partial charge in [0.25, 0.3) is 0 Å². The van der Waals surface area contributed by atoms with Gasteiger partial charge in [0.05, 0.1) is 12.1 Å². The zero-order valence-corrected chi connectivity index (χ0v) is 12.0. The molecule has 0 amide bonds. The summed E-state index contributed by atoms with van der Waals surface area (Å²) in [6.07, 6.45) is 0.612. The number of nitrogens with zero attached hydrogens (tertiary/aromatic N) is 2. The topological polar surface area (TPSA) is 47.6 Å². The number of hydrogen-bond acceptors (Lipinski definition) is 2. The highest BCUT2D eigenvalue weighted by atomic mass is 28.5. The number of rotatable bonds is 6. The van der Waals surface area contributed by atoms with Crippen molar-refractivity contribution >= 4 is 17.8 Å². The van der Waals surface area contributed by atoms with Crippen molar-refractivity contribution in [1.29, 1.82) is 10.5 Å². The molecule has 0 aromatic rings. The first-order valence-electron chi connectivity index (χ1n) is 5.31. The summed E-state index contributed by atoms with van der Waals surface area (Å²) in [7, 11) is -9.19. The molecule has 0 aliphatic carbocycles. The highest BCUT2D eigenvalue weighted by Gasteiger charge is 2.35. The van der Waals surface area contributed by atoms with E-state index in [2.05, 4.69) is 0 Å². The maximum atomic E-state index is 12.1. The van der Waals surface area contributed by atoms with Gasteiger partial charge in [0.1, 0.15) is 0 Å². The Balaban J connectivity index is 0. The van der Waals surface area contributed by atoms with Gasteiger partial charge in [0.15, 0.2) is 0 Å². The van der Waals surface area contributed by atoms with E-state index in [0.29, 0.717) is 6.42 Å². The first-order valence-corrected chi connectivity index (χ1v) is 9.61. The SMILES string of the molecule is C[Si](F)(F)CCCC#N.N#CCCC[Si](F)(F)F. The van der Waals surface area contributed by atoms with Gasteiger partial charge < -0.3 is 0 Å². The van der Waals surface area contributed by atoms with Gasteiger partial charge in [0.2, 0.25) is 0 Å². The van der Waals surface area contributed by atoms with Crippen molar-refractivity contribution in [1.82, 2.24) is 0 Å². The Morgan fingerprint density at radius 2 is 1.22 bits per heavy atom. The Hall–Kier alpha value is -0.936. The molecule has 0 rings (SSSR count). The monoisotopic (exact) mass is 302 g/mol. The Morgan fingerprint density at radius 3 is 1.50 bits per heavy atom. The predicted octanol–water partition coefficient (Wildman–Crippen LogP) is 4.44. The molecule has 0 N–H and O–H groups in total. The highest BCUT2D eigenvalue weighted by Crippen LogP contribution is 2.17. The smallest absolute Gasteiger partial charge is 0.271 e. The molecule has 0 heterocycles. The van der Waals surface area contributed by atoms with Gasteiger partial charge in [-0.25, -0.2) is 12.3 Å². The summed E-state index contributed by atoms with van der Waals surface area (Å²) in [5, 5.41) is 15.8. The highest BCUT2D eigenvalue weighted by molar-refractivity contribution is 6.64. The Morgan fingerprint density at radius 1 is 0.833 bits per heavy atom. The van der Waals surface area contributed by atoms with Crippen LogP contribution in [0, 0.1) is 22.7 Å². The van der Waals surface area contributed by atoms with E-state index >= 15 is 0 Å². The van der Waals surface area contributed by atoms with Gasteiger partial charge in [0, 0.05) is 18.9 Å². The van der Waals surface area contributed by atoms with Crippen LogP contribution in [0.2, 0.25) is 18.6 Å². The van der Waals surface area contributed by atoms with Gasteiger partial charge in [-0.2, -0.15) is 10.5 Å². The first-order chi connectivity index (χ1) is 8.12. The van der Waals surface area contributed by atoms with Crippen molar-refractivity contribution in [2.45, 2.75) is 44.3 Å². The maximum Gasteiger partial charge on any atom is 0.616 e. The summed E-state index contributed by atoms with van der Waals surface area (Å²) >= 11 is 0. The van der Waals surface area contributed by atoms with Crippen LogP contribution >= 0.6 is 0 Å². The van der Waals surface area contributed by atoms with E-state index in [4.69, 9.17) is 10.5 Å². The molecule has 0 spiro atoms. The molecule has 0 atom stereocenters. The largest absolute Gasteiger partial charge is 0.616 e. The third kappa shape index (κ3) is 24.3. The lowest BCUT2D eigenvalue weighted by Crippen LogP contribution is -2.14. The third-order valence-electron chi connectivity index (χ3n) is 1.65. The molecule has 0 aliphatic rings. The number of unbranched alkanes of at least 4 members (excludes halogenated alkanes) is 2. The fourth-order valence-corrected chi connectivity index (χ4v) is 2.22. The fourth-order valence-electron chi connectivity index (χ4n) is 0.846. The van der Waals surface area contributed by atoms with Crippen LogP contribution in [0.25, 0.3) is 0 Å². The molecular weight excluding hydrogens is 287 g/mol. The van der Waals surface area contributed by atoms with E-state index in [1.54, 1.807) is 6.07 Å². The average molecular weight is 302 g/mol. The molecule has 0 fully saturated rings. The summed E-state index contributed by atoms with van der Waals surface area (Å²) in [4.78, 5) is 0. The minimum atomic E-state index is -5.35. The van der Waals surface area contributed by atoms with E-state index < -0.39 is 23.9 Å². The molecule has 0 saturated carbocycles. The summed E-state index contributed by atoms with van der Waals surface area (Å²) in [6.45, 7) is 1.00. The minimum absolute atomic E-state index is 0.0203. The summed E-state index contributed by atoms with van der Waals surface area (Å²) < 4.78 is 58.4. The van der Waals surface area contributed by atoms with E-state index in [1.807, 2.05) is 6.07 Å². The van der Waals surface area contributed by atoms with Crippen LogP contribution in [0.15, 0.2) is 0 Å². The molecule has 0 saturated heterocycles. The first kappa shape index (κ1) is 19.4. The van der Waals surface area contributed by atoms with Crippen LogP contribution in [-0.4, -0.2) is 17.8 Å². The van der Waals surface area contributed by atoms with Gasteiger partial charge >= 0.3 is 17.8 Å². The number of halogens is 5. The quantitative estimate of drug-likeness (QED) is 0.315. The van der Waals surface area contributed by atoms with Crippen molar-refractivity contribution in [2.24, 2.45) is 0 Å². The van der Waals surface area contributed by atoms with Gasteiger partial charge in [-0.3, -0.25) is 8.22 Å². The molecule has 0 aromatic heterocycles. The molecule has 0 bridgehead atoms. The van der Waals surface area contributed by atoms with E-state index in [0.717, 1.165) is 6.55 Å². The predicted molar refractivity (Wildman–Crippen MR) is 62.2 cm³/mol. The van der Waals surface area contributed by atoms with Crippen LogP contribution in [0.3, 0.4) is 0 Å². The molecule has 0 aromatic carbocycles. The van der Waals surface area contributed by atoms with Crippen LogP contribution in [0.5, 0.6) is 0 Å². The van der Waals surface area contributed by atoms with E-state index in [-0.39, 0.29) is 25.3 Å². The molecule has 0 aliphatic heterocycles. The molecule has 9 heteroatoms. The van der Waals surface area contributed by atoms with Crippen molar-refractivity contribution in [3.05, 3.63) is 0 Å². The lowest BCUT2D eigenvalue weighted by molar-refractivity contribution is 0.464. The molecule has 104 valence electrons. The Labute approximate surface area is 106 Å². The Bertz CT molecular complexity index is 257. The second kappa shape index (κ2) is 10.0. The van der Waals surface area contributed by atoms with Gasteiger partial charge in [-0.1, -0.05) is 0 Å². The van der Waals surface area contributed by atoms with Gasteiger partial charge in [-0.05, 0) is 25.4 Å². The van der Waals surface area contributed by atoms with Crippen molar-refractivity contribution in [3.8, 4) is 12.1 Å². The lowest BCUT2D eigenvalue weighted by Gasteiger charge is -2.02. The standard InChI is InChI=1S/C5H9F2NSi.C4H6F3NSi/c1-9(6,7)5-3-2-4-8;5-9(6,7)4-2-1-3-8/h2-3,5H2,1H3;1-2,4H2. The van der Waals surface area contributed by atoms with Crippen molar-refractivity contribution < 1.29 is 20.5 Å². The molecule has 2 nitrogen and oxygen atoms in total. The molecule has 0 unspecified atom stereocenters. The molecule has 0 radical (unpaired) electrons.